The van der Waals surface area contributed by atoms with Gasteiger partial charge in [0.05, 0.1) is 0 Å². The Bertz CT molecular complexity index is 180. The first-order chi connectivity index (χ1) is 6.59. The van der Waals surface area contributed by atoms with Crippen molar-refractivity contribution in [3.8, 4) is 0 Å². The van der Waals surface area contributed by atoms with Gasteiger partial charge in [-0.3, -0.25) is 0 Å². The van der Waals surface area contributed by atoms with E-state index >= 15 is 0 Å². The number of rotatable bonds is 3. The maximum absolute atomic E-state index is 11.4. The monoisotopic (exact) mass is 199 g/mol. The van der Waals surface area contributed by atoms with Crippen molar-refractivity contribution in [3.05, 3.63) is 0 Å². The highest BCUT2D eigenvalue weighted by molar-refractivity contribution is 5.67. The van der Waals surface area contributed by atoms with Crippen molar-refractivity contribution in [1.82, 2.24) is 5.32 Å². The SMILES string of the molecule is CC(C)C(C)NC(=O)OC1CCCC1. The molecule has 1 aliphatic carbocycles. The second-order valence-electron chi connectivity index (χ2n) is 4.49. The molecule has 1 fully saturated rings. The normalized spacial score (nSPS) is 19.7. The predicted molar refractivity (Wildman–Crippen MR) is 56.2 cm³/mol. The summed E-state index contributed by atoms with van der Waals surface area (Å²) in [6.07, 6.45) is 4.36. The summed E-state index contributed by atoms with van der Waals surface area (Å²) in [7, 11) is 0. The molecule has 0 aromatic carbocycles. The van der Waals surface area contributed by atoms with Gasteiger partial charge in [0.1, 0.15) is 6.10 Å². The van der Waals surface area contributed by atoms with Gasteiger partial charge in [0.25, 0.3) is 0 Å². The number of hydrogen-bond acceptors (Lipinski definition) is 2. The molecule has 1 aliphatic rings. The average molecular weight is 199 g/mol. The maximum atomic E-state index is 11.4. The van der Waals surface area contributed by atoms with Crippen LogP contribution < -0.4 is 5.32 Å². The lowest BCUT2D eigenvalue weighted by Crippen LogP contribution is -2.37. The Labute approximate surface area is 86.2 Å². The van der Waals surface area contributed by atoms with Crippen LogP contribution in [0.2, 0.25) is 0 Å². The molecule has 1 amide bonds. The third-order valence-corrected chi connectivity index (χ3v) is 2.92. The van der Waals surface area contributed by atoms with E-state index < -0.39 is 0 Å². The molecule has 0 radical (unpaired) electrons. The van der Waals surface area contributed by atoms with Crippen molar-refractivity contribution in [2.45, 2.75) is 58.6 Å². The van der Waals surface area contributed by atoms with Crippen LogP contribution in [0.1, 0.15) is 46.5 Å². The maximum Gasteiger partial charge on any atom is 0.407 e. The molecule has 82 valence electrons. The quantitative estimate of drug-likeness (QED) is 0.759. The molecule has 1 N–H and O–H groups in total. The highest BCUT2D eigenvalue weighted by atomic mass is 16.6. The second kappa shape index (κ2) is 5.23. The first kappa shape index (κ1) is 11.3. The number of hydrogen-bond donors (Lipinski definition) is 1. The Morgan fingerprint density at radius 1 is 1.29 bits per heavy atom. The van der Waals surface area contributed by atoms with Crippen molar-refractivity contribution in [2.75, 3.05) is 0 Å². The van der Waals surface area contributed by atoms with E-state index in [9.17, 15) is 4.79 Å². The molecular weight excluding hydrogens is 178 g/mol. The summed E-state index contributed by atoms with van der Waals surface area (Å²) in [5.74, 6) is 0.450. The van der Waals surface area contributed by atoms with E-state index in [0.717, 1.165) is 12.8 Å². The Balaban J connectivity index is 2.21. The third kappa shape index (κ3) is 3.56. The molecule has 0 spiro atoms. The van der Waals surface area contributed by atoms with Crippen molar-refractivity contribution in [2.24, 2.45) is 5.92 Å². The lowest BCUT2D eigenvalue weighted by molar-refractivity contribution is 0.0966. The van der Waals surface area contributed by atoms with Crippen LogP contribution in [0, 0.1) is 5.92 Å². The second-order valence-corrected chi connectivity index (χ2v) is 4.49. The van der Waals surface area contributed by atoms with Gasteiger partial charge in [-0.15, -0.1) is 0 Å². The van der Waals surface area contributed by atoms with Crippen LogP contribution in [0.4, 0.5) is 4.79 Å². The topological polar surface area (TPSA) is 38.3 Å². The minimum absolute atomic E-state index is 0.161. The van der Waals surface area contributed by atoms with Crippen molar-refractivity contribution in [1.29, 1.82) is 0 Å². The number of alkyl carbamates (subject to hydrolysis) is 1. The van der Waals surface area contributed by atoms with E-state index in [2.05, 4.69) is 19.2 Å². The van der Waals surface area contributed by atoms with Crippen molar-refractivity contribution >= 4 is 6.09 Å². The molecule has 1 atom stereocenters. The molecule has 0 saturated heterocycles. The van der Waals surface area contributed by atoms with Gasteiger partial charge in [0.2, 0.25) is 0 Å². The van der Waals surface area contributed by atoms with E-state index in [0.29, 0.717) is 5.92 Å². The van der Waals surface area contributed by atoms with E-state index in [1.807, 2.05) is 6.92 Å². The number of nitrogens with one attached hydrogen (secondary N) is 1. The number of amides is 1. The number of carbonyl (C=O) groups is 1. The summed E-state index contributed by atoms with van der Waals surface area (Å²) in [5.41, 5.74) is 0. The van der Waals surface area contributed by atoms with Crippen molar-refractivity contribution in [3.63, 3.8) is 0 Å². The molecule has 0 aliphatic heterocycles. The van der Waals surface area contributed by atoms with Gasteiger partial charge in [0, 0.05) is 6.04 Å². The van der Waals surface area contributed by atoms with Crippen LogP contribution in [-0.2, 0) is 4.74 Å². The molecule has 3 nitrogen and oxygen atoms in total. The summed E-state index contributed by atoms with van der Waals surface area (Å²) in [4.78, 5) is 11.4. The summed E-state index contributed by atoms with van der Waals surface area (Å²) in [5, 5.41) is 2.85. The van der Waals surface area contributed by atoms with Crippen molar-refractivity contribution < 1.29 is 9.53 Å². The van der Waals surface area contributed by atoms with Gasteiger partial charge in [-0.2, -0.15) is 0 Å². The third-order valence-electron chi connectivity index (χ3n) is 2.92. The Kier molecular flexibility index (Phi) is 4.23. The molecular formula is C11H21NO2. The molecule has 1 unspecified atom stereocenters. The molecule has 0 bridgehead atoms. The fourth-order valence-electron chi connectivity index (χ4n) is 1.54. The van der Waals surface area contributed by atoms with Gasteiger partial charge in [0.15, 0.2) is 0 Å². The Morgan fingerprint density at radius 3 is 2.36 bits per heavy atom. The van der Waals surface area contributed by atoms with Gasteiger partial charge in [-0.05, 0) is 38.5 Å². The molecule has 0 heterocycles. The highest BCUT2D eigenvalue weighted by Crippen LogP contribution is 2.20. The summed E-state index contributed by atoms with van der Waals surface area (Å²) < 4.78 is 5.28. The van der Waals surface area contributed by atoms with Gasteiger partial charge in [-0.25, -0.2) is 4.79 Å². The zero-order chi connectivity index (χ0) is 10.6. The minimum Gasteiger partial charge on any atom is -0.446 e. The predicted octanol–water partition coefficient (Wildman–Crippen LogP) is 2.70. The zero-order valence-corrected chi connectivity index (χ0v) is 9.38. The summed E-state index contributed by atoms with van der Waals surface area (Å²) in [6, 6.07) is 0.184. The molecule has 14 heavy (non-hydrogen) atoms. The first-order valence-corrected chi connectivity index (χ1v) is 5.56. The average Bonchev–Trinajstić information content (AvgIpc) is 2.56. The lowest BCUT2D eigenvalue weighted by atomic mass is 10.1. The molecule has 1 saturated carbocycles. The number of carbonyl (C=O) groups excluding carboxylic acids is 1. The van der Waals surface area contributed by atoms with E-state index in [1.165, 1.54) is 12.8 Å². The van der Waals surface area contributed by atoms with Crippen LogP contribution in [0.3, 0.4) is 0 Å². The molecule has 0 aromatic rings. The largest absolute Gasteiger partial charge is 0.446 e. The van der Waals surface area contributed by atoms with E-state index in [4.69, 9.17) is 4.74 Å². The van der Waals surface area contributed by atoms with Gasteiger partial charge in [-0.1, -0.05) is 13.8 Å². The standard InChI is InChI=1S/C11H21NO2/c1-8(2)9(3)12-11(13)14-10-6-4-5-7-10/h8-10H,4-7H2,1-3H3,(H,12,13). The smallest absolute Gasteiger partial charge is 0.407 e. The van der Waals surface area contributed by atoms with Gasteiger partial charge >= 0.3 is 6.09 Å². The first-order valence-electron chi connectivity index (χ1n) is 5.56. The van der Waals surface area contributed by atoms with Crippen LogP contribution in [0.5, 0.6) is 0 Å². The van der Waals surface area contributed by atoms with Crippen LogP contribution in [0.25, 0.3) is 0 Å². The Hall–Kier alpha value is -0.730. The zero-order valence-electron chi connectivity index (χ0n) is 9.38. The summed E-state index contributed by atoms with van der Waals surface area (Å²) in [6.45, 7) is 6.17. The lowest BCUT2D eigenvalue weighted by Gasteiger charge is -2.19. The van der Waals surface area contributed by atoms with E-state index in [-0.39, 0.29) is 18.2 Å². The fraction of sp³-hybridized carbons (Fsp3) is 0.909. The van der Waals surface area contributed by atoms with Crippen LogP contribution in [-0.4, -0.2) is 18.2 Å². The fourth-order valence-corrected chi connectivity index (χ4v) is 1.54. The molecule has 1 rings (SSSR count). The molecule has 0 aromatic heterocycles. The minimum atomic E-state index is -0.252. The van der Waals surface area contributed by atoms with E-state index in [1.54, 1.807) is 0 Å². The van der Waals surface area contributed by atoms with Gasteiger partial charge < -0.3 is 10.1 Å². The molecule has 3 heteroatoms. The summed E-state index contributed by atoms with van der Waals surface area (Å²) >= 11 is 0. The van der Waals surface area contributed by atoms with Crippen LogP contribution in [0.15, 0.2) is 0 Å². The number of ether oxygens (including phenoxy) is 1. The Morgan fingerprint density at radius 2 is 1.86 bits per heavy atom. The highest BCUT2D eigenvalue weighted by Gasteiger charge is 2.20. The van der Waals surface area contributed by atoms with Crippen LogP contribution >= 0.6 is 0 Å².